The number of hydrogen-bond donors (Lipinski definition) is 2. The van der Waals surface area contributed by atoms with Gasteiger partial charge in [0.2, 0.25) is 5.91 Å². The van der Waals surface area contributed by atoms with Crippen LogP contribution in [0.15, 0.2) is 36.5 Å². The Hall–Kier alpha value is -1.43. The molecule has 0 saturated carbocycles. The summed E-state index contributed by atoms with van der Waals surface area (Å²) in [5.74, 6) is -0.193. The van der Waals surface area contributed by atoms with Crippen LogP contribution in [0.1, 0.15) is 33.6 Å². The molecule has 0 saturated heterocycles. The van der Waals surface area contributed by atoms with Crippen LogP contribution in [-0.4, -0.2) is 35.4 Å². The standard InChI is InChI=1S/C16H25NO4/c1-13-10-11-14(21-20-13)8-6-4-5-7-9-15(18)17-12-16(2,3)19/h6-11,13-14,19H,4-5,12H2,1-3H3,(H,17,18)/t13-,14+/m0/s1. The molecule has 1 heterocycles. The van der Waals surface area contributed by atoms with E-state index in [9.17, 15) is 9.90 Å². The Morgan fingerprint density at radius 1 is 1.29 bits per heavy atom. The molecule has 118 valence electrons. The molecule has 0 radical (unpaired) electrons. The van der Waals surface area contributed by atoms with Gasteiger partial charge in [0.15, 0.2) is 0 Å². The van der Waals surface area contributed by atoms with Crippen LogP contribution >= 0.6 is 0 Å². The fourth-order valence-electron chi connectivity index (χ4n) is 1.55. The van der Waals surface area contributed by atoms with Gasteiger partial charge in [0.05, 0.1) is 5.60 Å². The van der Waals surface area contributed by atoms with E-state index >= 15 is 0 Å². The predicted octanol–water partition coefficient (Wildman–Crippen LogP) is 2.04. The highest BCUT2D eigenvalue weighted by molar-refractivity contribution is 5.87. The SMILES string of the molecule is C[C@H]1C=C[C@@H](C=CCCC=CC(=O)NCC(C)(C)O)OO1. The van der Waals surface area contributed by atoms with Crippen molar-refractivity contribution in [1.29, 1.82) is 0 Å². The Morgan fingerprint density at radius 2 is 2.00 bits per heavy atom. The van der Waals surface area contributed by atoms with E-state index in [1.807, 2.05) is 31.2 Å². The van der Waals surface area contributed by atoms with Crippen molar-refractivity contribution in [3.8, 4) is 0 Å². The maximum Gasteiger partial charge on any atom is 0.243 e. The molecule has 0 aromatic rings. The van der Waals surface area contributed by atoms with Gasteiger partial charge in [-0.3, -0.25) is 4.79 Å². The molecule has 0 spiro atoms. The van der Waals surface area contributed by atoms with E-state index in [0.717, 1.165) is 12.8 Å². The molecular weight excluding hydrogens is 270 g/mol. The number of carbonyl (C=O) groups is 1. The monoisotopic (exact) mass is 295 g/mol. The first-order valence-corrected chi connectivity index (χ1v) is 7.21. The summed E-state index contributed by atoms with van der Waals surface area (Å²) in [5.41, 5.74) is -0.890. The van der Waals surface area contributed by atoms with Crippen LogP contribution in [0, 0.1) is 0 Å². The number of carbonyl (C=O) groups excluding carboxylic acids is 1. The average Bonchev–Trinajstić information content (AvgIpc) is 2.41. The fraction of sp³-hybridized carbons (Fsp3) is 0.562. The molecule has 0 bridgehead atoms. The highest BCUT2D eigenvalue weighted by atomic mass is 17.2. The van der Waals surface area contributed by atoms with Crippen LogP contribution in [0.5, 0.6) is 0 Å². The van der Waals surface area contributed by atoms with Gasteiger partial charge in [-0.05, 0) is 39.7 Å². The van der Waals surface area contributed by atoms with Crippen LogP contribution in [-0.2, 0) is 14.6 Å². The lowest BCUT2D eigenvalue weighted by Crippen LogP contribution is -2.37. The molecule has 0 unspecified atom stereocenters. The molecule has 5 nitrogen and oxygen atoms in total. The first-order chi connectivity index (χ1) is 9.87. The third-order valence-corrected chi connectivity index (χ3v) is 2.68. The minimum absolute atomic E-state index is 0.00000553. The Morgan fingerprint density at radius 3 is 2.62 bits per heavy atom. The maximum absolute atomic E-state index is 11.4. The van der Waals surface area contributed by atoms with Gasteiger partial charge in [0.1, 0.15) is 12.2 Å². The van der Waals surface area contributed by atoms with Gasteiger partial charge in [-0.25, -0.2) is 9.78 Å². The summed E-state index contributed by atoms with van der Waals surface area (Å²) in [6.07, 6.45) is 12.6. The minimum atomic E-state index is -0.890. The van der Waals surface area contributed by atoms with Gasteiger partial charge in [0.25, 0.3) is 0 Å². The lowest BCUT2D eigenvalue weighted by molar-refractivity contribution is -0.326. The quantitative estimate of drug-likeness (QED) is 0.326. The number of allylic oxidation sites excluding steroid dienone is 2. The van der Waals surface area contributed by atoms with Crippen molar-refractivity contribution in [2.24, 2.45) is 0 Å². The number of amides is 1. The van der Waals surface area contributed by atoms with Crippen molar-refractivity contribution >= 4 is 5.91 Å². The lowest BCUT2D eigenvalue weighted by Gasteiger charge is -2.17. The van der Waals surface area contributed by atoms with Gasteiger partial charge in [-0.1, -0.05) is 30.4 Å². The second-order valence-corrected chi connectivity index (χ2v) is 5.69. The Kier molecular flexibility index (Phi) is 7.36. The third-order valence-electron chi connectivity index (χ3n) is 2.68. The molecule has 1 amide bonds. The van der Waals surface area contributed by atoms with Crippen molar-refractivity contribution in [3.05, 3.63) is 36.5 Å². The zero-order valence-corrected chi connectivity index (χ0v) is 12.9. The molecule has 1 aliphatic heterocycles. The van der Waals surface area contributed by atoms with Crippen LogP contribution in [0.3, 0.4) is 0 Å². The maximum atomic E-state index is 11.4. The number of unbranched alkanes of at least 4 members (excludes halogenated alkanes) is 1. The van der Waals surface area contributed by atoms with Crippen LogP contribution in [0.25, 0.3) is 0 Å². The van der Waals surface area contributed by atoms with Crippen LogP contribution < -0.4 is 5.32 Å². The first kappa shape index (κ1) is 17.6. The van der Waals surface area contributed by atoms with Gasteiger partial charge < -0.3 is 10.4 Å². The summed E-state index contributed by atoms with van der Waals surface area (Å²) in [4.78, 5) is 21.6. The normalized spacial score (nSPS) is 23.0. The van der Waals surface area contributed by atoms with Crippen molar-refractivity contribution < 1.29 is 19.7 Å². The minimum Gasteiger partial charge on any atom is -0.389 e. The molecule has 0 aromatic carbocycles. The Balaban J connectivity index is 2.14. The smallest absolute Gasteiger partial charge is 0.243 e. The molecule has 0 aromatic heterocycles. The van der Waals surface area contributed by atoms with E-state index in [4.69, 9.17) is 9.78 Å². The summed E-state index contributed by atoms with van der Waals surface area (Å²) in [6, 6.07) is 0. The number of hydrogen-bond acceptors (Lipinski definition) is 4. The highest BCUT2D eigenvalue weighted by Crippen LogP contribution is 2.09. The summed E-state index contributed by atoms with van der Waals surface area (Å²) >= 11 is 0. The number of rotatable bonds is 7. The predicted molar refractivity (Wildman–Crippen MR) is 81.4 cm³/mol. The van der Waals surface area contributed by atoms with Gasteiger partial charge >= 0.3 is 0 Å². The molecule has 1 rings (SSSR count). The van der Waals surface area contributed by atoms with E-state index < -0.39 is 5.60 Å². The summed E-state index contributed by atoms with van der Waals surface area (Å²) < 4.78 is 0. The van der Waals surface area contributed by atoms with E-state index in [2.05, 4.69) is 5.32 Å². The Bertz CT molecular complexity index is 407. The molecule has 21 heavy (non-hydrogen) atoms. The molecule has 5 heteroatoms. The number of nitrogens with one attached hydrogen (secondary N) is 1. The lowest BCUT2D eigenvalue weighted by atomic mass is 10.1. The van der Waals surface area contributed by atoms with Crippen molar-refractivity contribution in [2.75, 3.05) is 6.54 Å². The largest absolute Gasteiger partial charge is 0.389 e. The van der Waals surface area contributed by atoms with E-state index in [1.54, 1.807) is 19.9 Å². The molecule has 2 atom stereocenters. The Labute approximate surface area is 126 Å². The van der Waals surface area contributed by atoms with Crippen molar-refractivity contribution in [3.63, 3.8) is 0 Å². The first-order valence-electron chi connectivity index (χ1n) is 7.21. The molecule has 1 aliphatic rings. The highest BCUT2D eigenvalue weighted by Gasteiger charge is 2.12. The molecule has 2 N–H and O–H groups in total. The van der Waals surface area contributed by atoms with Gasteiger partial charge in [-0.2, -0.15) is 0 Å². The van der Waals surface area contributed by atoms with E-state index in [0.29, 0.717) is 0 Å². The summed E-state index contributed by atoms with van der Waals surface area (Å²) in [6.45, 7) is 5.44. The van der Waals surface area contributed by atoms with Crippen molar-refractivity contribution in [2.45, 2.75) is 51.4 Å². The number of aliphatic hydroxyl groups is 1. The average molecular weight is 295 g/mol. The zero-order valence-electron chi connectivity index (χ0n) is 12.9. The van der Waals surface area contributed by atoms with E-state index in [-0.39, 0.29) is 24.7 Å². The second kappa shape index (κ2) is 8.77. The fourth-order valence-corrected chi connectivity index (χ4v) is 1.55. The second-order valence-electron chi connectivity index (χ2n) is 5.69. The van der Waals surface area contributed by atoms with Gasteiger partial charge in [-0.15, -0.1) is 0 Å². The summed E-state index contributed by atoms with van der Waals surface area (Å²) in [5, 5.41) is 12.1. The topological polar surface area (TPSA) is 67.8 Å². The zero-order chi connectivity index (χ0) is 15.7. The van der Waals surface area contributed by atoms with Crippen LogP contribution in [0.2, 0.25) is 0 Å². The van der Waals surface area contributed by atoms with Crippen molar-refractivity contribution in [1.82, 2.24) is 5.32 Å². The summed E-state index contributed by atoms with van der Waals surface area (Å²) in [7, 11) is 0. The molecular formula is C16H25NO4. The van der Waals surface area contributed by atoms with Crippen LogP contribution in [0.4, 0.5) is 0 Å². The third kappa shape index (κ3) is 9.18. The molecule has 0 aliphatic carbocycles. The van der Waals surface area contributed by atoms with E-state index in [1.165, 1.54) is 6.08 Å². The molecule has 0 fully saturated rings. The van der Waals surface area contributed by atoms with Gasteiger partial charge in [0, 0.05) is 6.54 Å².